The molecule has 4 nitrogen and oxygen atoms in total. The van der Waals surface area contributed by atoms with E-state index in [0.29, 0.717) is 0 Å². The lowest BCUT2D eigenvalue weighted by Gasteiger charge is -2.13. The molecule has 0 aliphatic rings. The van der Waals surface area contributed by atoms with Crippen molar-refractivity contribution in [2.45, 2.75) is 26.3 Å². The number of benzene rings is 1. The number of hydrogen-bond acceptors (Lipinski definition) is 4. The second-order valence-electron chi connectivity index (χ2n) is 4.03. The van der Waals surface area contributed by atoms with E-state index in [1.54, 1.807) is 6.92 Å². The number of ether oxygens (including phenoxy) is 2. The summed E-state index contributed by atoms with van der Waals surface area (Å²) >= 11 is 0. The summed E-state index contributed by atoms with van der Waals surface area (Å²) in [5, 5.41) is 3.08. The van der Waals surface area contributed by atoms with E-state index in [1.165, 1.54) is 12.7 Å². The minimum atomic E-state index is -0.343. The van der Waals surface area contributed by atoms with Crippen molar-refractivity contribution in [3.05, 3.63) is 29.8 Å². The maximum Gasteiger partial charge on any atom is 0.327 e. The molecule has 1 N–H and O–H groups in total. The zero-order chi connectivity index (χ0) is 13.4. The van der Waals surface area contributed by atoms with Crippen LogP contribution in [0, 0.1) is 0 Å². The Bertz CT molecular complexity index is 362. The van der Waals surface area contributed by atoms with Gasteiger partial charge < -0.3 is 14.8 Å². The maximum absolute atomic E-state index is 11.3. The number of carbonyl (C=O) groups excluding carboxylic acids is 1. The molecule has 18 heavy (non-hydrogen) atoms. The van der Waals surface area contributed by atoms with Gasteiger partial charge in [0.2, 0.25) is 0 Å². The zero-order valence-corrected chi connectivity index (χ0v) is 11.2. The molecule has 1 atom stereocenters. The second kappa shape index (κ2) is 7.71. The minimum Gasteiger partial charge on any atom is -0.467 e. The van der Waals surface area contributed by atoms with Gasteiger partial charge in [0.1, 0.15) is 6.04 Å². The fraction of sp³-hybridized carbons (Fsp3) is 0.500. The number of methoxy groups -OCH3 is 1. The average molecular weight is 251 g/mol. The van der Waals surface area contributed by atoms with E-state index >= 15 is 0 Å². The first-order valence-corrected chi connectivity index (χ1v) is 6.18. The summed E-state index contributed by atoms with van der Waals surface area (Å²) in [6.45, 7) is 5.24. The Balaban J connectivity index is 2.47. The van der Waals surface area contributed by atoms with Crippen LogP contribution in [0.4, 0.5) is 5.69 Å². The number of carbonyl (C=O) groups is 1. The molecule has 0 aliphatic carbocycles. The molecule has 0 saturated heterocycles. The van der Waals surface area contributed by atoms with Gasteiger partial charge in [-0.25, -0.2) is 4.79 Å². The van der Waals surface area contributed by atoms with E-state index in [0.717, 1.165) is 25.3 Å². The van der Waals surface area contributed by atoms with Crippen LogP contribution < -0.4 is 5.32 Å². The lowest BCUT2D eigenvalue weighted by atomic mass is 10.1. The summed E-state index contributed by atoms with van der Waals surface area (Å²) in [5.74, 6) is -0.268. The molecule has 100 valence electrons. The van der Waals surface area contributed by atoms with E-state index in [9.17, 15) is 4.79 Å². The summed E-state index contributed by atoms with van der Waals surface area (Å²) in [4.78, 5) is 11.3. The van der Waals surface area contributed by atoms with Crippen molar-refractivity contribution in [3.63, 3.8) is 0 Å². The molecular weight excluding hydrogens is 230 g/mol. The van der Waals surface area contributed by atoms with Crippen LogP contribution in [-0.2, 0) is 20.7 Å². The van der Waals surface area contributed by atoms with Gasteiger partial charge in [0.05, 0.1) is 13.7 Å². The van der Waals surface area contributed by atoms with Gasteiger partial charge in [-0.2, -0.15) is 0 Å². The lowest BCUT2D eigenvalue weighted by molar-refractivity contribution is -0.141. The predicted octanol–water partition coefficient (Wildman–Crippen LogP) is 2.24. The van der Waals surface area contributed by atoms with Gasteiger partial charge in [-0.3, -0.25) is 0 Å². The summed E-state index contributed by atoms with van der Waals surface area (Å²) in [6.07, 6.45) is 0.903. The first kappa shape index (κ1) is 14.5. The van der Waals surface area contributed by atoms with Crippen molar-refractivity contribution in [2.75, 3.05) is 25.6 Å². The number of anilines is 1. The van der Waals surface area contributed by atoms with Crippen molar-refractivity contribution in [1.82, 2.24) is 0 Å². The van der Waals surface area contributed by atoms with Gasteiger partial charge in [0, 0.05) is 12.3 Å². The molecule has 0 radical (unpaired) electrons. The first-order valence-electron chi connectivity index (χ1n) is 6.18. The molecule has 0 fully saturated rings. The molecule has 0 unspecified atom stereocenters. The molecule has 0 aliphatic heterocycles. The highest BCUT2D eigenvalue weighted by atomic mass is 16.5. The summed E-state index contributed by atoms with van der Waals surface area (Å²) < 4.78 is 9.96. The predicted molar refractivity (Wildman–Crippen MR) is 71.7 cm³/mol. The van der Waals surface area contributed by atoms with Gasteiger partial charge in [-0.1, -0.05) is 12.1 Å². The quantitative estimate of drug-likeness (QED) is 0.596. The molecule has 0 aromatic heterocycles. The summed E-state index contributed by atoms with van der Waals surface area (Å²) in [5.41, 5.74) is 2.13. The fourth-order valence-corrected chi connectivity index (χ4v) is 1.59. The van der Waals surface area contributed by atoms with Crippen molar-refractivity contribution in [1.29, 1.82) is 0 Å². The van der Waals surface area contributed by atoms with Crippen LogP contribution in [0.15, 0.2) is 24.3 Å². The Kier molecular flexibility index (Phi) is 6.22. The SMILES string of the molecule is CCOCCc1ccc(N[C@@H](C)C(=O)OC)cc1. The molecule has 0 amide bonds. The number of nitrogens with one attached hydrogen (secondary N) is 1. The van der Waals surface area contributed by atoms with Gasteiger partial charge in [0.15, 0.2) is 0 Å². The second-order valence-corrected chi connectivity index (χ2v) is 4.03. The molecule has 1 aromatic carbocycles. The van der Waals surface area contributed by atoms with Crippen LogP contribution in [0.1, 0.15) is 19.4 Å². The molecule has 0 spiro atoms. The van der Waals surface area contributed by atoms with Crippen LogP contribution in [0.3, 0.4) is 0 Å². The molecule has 0 heterocycles. The van der Waals surface area contributed by atoms with E-state index in [2.05, 4.69) is 10.1 Å². The van der Waals surface area contributed by atoms with E-state index < -0.39 is 0 Å². The topological polar surface area (TPSA) is 47.6 Å². The summed E-state index contributed by atoms with van der Waals surface area (Å²) in [6, 6.07) is 7.64. The molecular formula is C14H21NO3. The zero-order valence-electron chi connectivity index (χ0n) is 11.2. The number of hydrogen-bond donors (Lipinski definition) is 1. The fourth-order valence-electron chi connectivity index (χ4n) is 1.59. The Labute approximate surface area is 108 Å². The number of esters is 1. The van der Waals surface area contributed by atoms with Crippen molar-refractivity contribution in [3.8, 4) is 0 Å². The Morgan fingerprint density at radius 3 is 2.56 bits per heavy atom. The monoisotopic (exact) mass is 251 g/mol. The third-order valence-corrected chi connectivity index (χ3v) is 2.63. The Morgan fingerprint density at radius 2 is 2.00 bits per heavy atom. The average Bonchev–Trinajstić information content (AvgIpc) is 2.40. The van der Waals surface area contributed by atoms with Crippen molar-refractivity contribution in [2.24, 2.45) is 0 Å². The molecule has 1 aromatic rings. The smallest absolute Gasteiger partial charge is 0.327 e. The largest absolute Gasteiger partial charge is 0.467 e. The molecule has 0 saturated carbocycles. The minimum absolute atomic E-state index is 0.268. The van der Waals surface area contributed by atoms with Crippen LogP contribution in [-0.4, -0.2) is 32.3 Å². The van der Waals surface area contributed by atoms with Crippen LogP contribution in [0.25, 0.3) is 0 Å². The molecule has 4 heteroatoms. The van der Waals surface area contributed by atoms with Crippen LogP contribution in [0.5, 0.6) is 0 Å². The van der Waals surface area contributed by atoms with E-state index in [-0.39, 0.29) is 12.0 Å². The highest BCUT2D eigenvalue weighted by Gasteiger charge is 2.11. The van der Waals surface area contributed by atoms with Crippen LogP contribution >= 0.6 is 0 Å². The third kappa shape index (κ3) is 4.75. The van der Waals surface area contributed by atoms with Gasteiger partial charge >= 0.3 is 5.97 Å². The Hall–Kier alpha value is -1.55. The van der Waals surface area contributed by atoms with Gasteiger partial charge in [-0.15, -0.1) is 0 Å². The lowest BCUT2D eigenvalue weighted by Crippen LogP contribution is -2.27. The van der Waals surface area contributed by atoms with E-state index in [1.807, 2.05) is 31.2 Å². The molecule has 0 bridgehead atoms. The summed E-state index contributed by atoms with van der Waals surface area (Å²) in [7, 11) is 1.39. The van der Waals surface area contributed by atoms with Crippen LogP contribution in [0.2, 0.25) is 0 Å². The van der Waals surface area contributed by atoms with Gasteiger partial charge in [-0.05, 0) is 38.0 Å². The van der Waals surface area contributed by atoms with E-state index in [4.69, 9.17) is 4.74 Å². The Morgan fingerprint density at radius 1 is 1.33 bits per heavy atom. The highest BCUT2D eigenvalue weighted by molar-refractivity contribution is 5.78. The first-order chi connectivity index (χ1) is 8.67. The third-order valence-electron chi connectivity index (χ3n) is 2.63. The number of rotatable bonds is 7. The normalized spacial score (nSPS) is 11.9. The van der Waals surface area contributed by atoms with Gasteiger partial charge in [0.25, 0.3) is 0 Å². The maximum atomic E-state index is 11.3. The molecule has 1 rings (SSSR count). The van der Waals surface area contributed by atoms with Crippen molar-refractivity contribution < 1.29 is 14.3 Å². The highest BCUT2D eigenvalue weighted by Crippen LogP contribution is 2.11. The standard InChI is InChI=1S/C14H21NO3/c1-4-18-10-9-12-5-7-13(8-6-12)15-11(2)14(16)17-3/h5-8,11,15H,4,9-10H2,1-3H3/t11-/m0/s1. The van der Waals surface area contributed by atoms with Crippen molar-refractivity contribution >= 4 is 11.7 Å².